The number of carbonyl (C=O) groups is 1. The van der Waals surface area contributed by atoms with E-state index < -0.39 is 0 Å². The van der Waals surface area contributed by atoms with Gasteiger partial charge in [0, 0.05) is 19.1 Å². The molecule has 0 unspecified atom stereocenters. The molecule has 1 rings (SSSR count). The summed E-state index contributed by atoms with van der Waals surface area (Å²) in [6.07, 6.45) is 0.860. The van der Waals surface area contributed by atoms with E-state index in [0.717, 1.165) is 25.3 Å². The first kappa shape index (κ1) is 25.5. The fraction of sp³-hybridized carbons (Fsp3) is 0.600. The molecule has 0 aliphatic rings. The van der Waals surface area contributed by atoms with Gasteiger partial charge in [0.1, 0.15) is 5.75 Å². The highest BCUT2D eigenvalue weighted by Gasteiger charge is 2.13. The monoisotopic (exact) mass is 490 g/mol. The van der Waals surface area contributed by atoms with Crippen LogP contribution in [0.1, 0.15) is 40.2 Å². The molecule has 6 nitrogen and oxygen atoms in total. The van der Waals surface area contributed by atoms with Gasteiger partial charge in [-0.2, -0.15) is 0 Å². The summed E-state index contributed by atoms with van der Waals surface area (Å²) in [7, 11) is 1.69. The second-order valence-corrected chi connectivity index (χ2v) is 7.75. The number of carbonyl (C=O) groups excluding carboxylic acids is 1. The lowest BCUT2D eigenvalue weighted by molar-refractivity contribution is -0.121. The molecular weight excluding hydrogens is 455 g/mol. The molecule has 0 heterocycles. The van der Waals surface area contributed by atoms with Crippen molar-refractivity contribution in [3.8, 4) is 5.75 Å². The van der Waals surface area contributed by atoms with Crippen LogP contribution in [0.5, 0.6) is 5.75 Å². The van der Waals surface area contributed by atoms with Crippen LogP contribution in [-0.2, 0) is 11.2 Å². The summed E-state index contributed by atoms with van der Waals surface area (Å²) < 4.78 is 5.69. The summed E-state index contributed by atoms with van der Waals surface area (Å²) in [5, 5.41) is 9.15. The number of hydrogen-bond donors (Lipinski definition) is 3. The van der Waals surface area contributed by atoms with E-state index >= 15 is 0 Å². The molecule has 7 heteroatoms. The van der Waals surface area contributed by atoms with E-state index in [0.29, 0.717) is 11.9 Å². The molecule has 0 aliphatic carbocycles. The zero-order valence-corrected chi connectivity index (χ0v) is 19.7. The summed E-state index contributed by atoms with van der Waals surface area (Å²) in [6, 6.07) is 8.15. The van der Waals surface area contributed by atoms with Gasteiger partial charge in [-0.3, -0.25) is 9.79 Å². The van der Waals surface area contributed by atoms with Gasteiger partial charge >= 0.3 is 0 Å². The third kappa shape index (κ3) is 12.5. The van der Waals surface area contributed by atoms with Gasteiger partial charge in [0.25, 0.3) is 0 Å². The minimum absolute atomic E-state index is 0. The van der Waals surface area contributed by atoms with Crippen LogP contribution >= 0.6 is 24.0 Å². The van der Waals surface area contributed by atoms with Gasteiger partial charge in [-0.05, 0) is 50.8 Å². The molecule has 1 amide bonds. The van der Waals surface area contributed by atoms with E-state index in [4.69, 9.17) is 4.74 Å². The molecule has 154 valence electrons. The first-order chi connectivity index (χ1) is 12.2. The lowest BCUT2D eigenvalue weighted by Crippen LogP contribution is -2.48. The topological polar surface area (TPSA) is 74.8 Å². The van der Waals surface area contributed by atoms with Crippen molar-refractivity contribution in [1.82, 2.24) is 16.0 Å². The number of halogens is 1. The maximum Gasteiger partial charge on any atom is 0.239 e. The first-order valence-electron chi connectivity index (χ1n) is 9.17. The predicted molar refractivity (Wildman–Crippen MR) is 123 cm³/mol. The Hall–Kier alpha value is -1.51. The highest BCUT2D eigenvalue weighted by atomic mass is 127. The zero-order chi connectivity index (χ0) is 19.6. The second-order valence-electron chi connectivity index (χ2n) is 7.75. The quantitative estimate of drug-likeness (QED) is 0.298. The molecule has 27 heavy (non-hydrogen) atoms. The van der Waals surface area contributed by atoms with Crippen molar-refractivity contribution in [3.05, 3.63) is 29.8 Å². The molecule has 0 saturated carbocycles. The number of rotatable bonds is 8. The van der Waals surface area contributed by atoms with Gasteiger partial charge in [-0.15, -0.1) is 24.0 Å². The SMILES string of the molecule is CN=C(NCCc1ccc(OCC(C)C)cc1)NCC(=O)NC(C)(C)C.I. The Bertz CT molecular complexity index is 581. The van der Waals surface area contributed by atoms with Crippen molar-refractivity contribution in [2.24, 2.45) is 10.9 Å². The Labute approximate surface area is 181 Å². The fourth-order valence-electron chi connectivity index (χ4n) is 2.19. The van der Waals surface area contributed by atoms with Gasteiger partial charge in [-0.25, -0.2) is 0 Å². The fourth-order valence-corrected chi connectivity index (χ4v) is 2.19. The van der Waals surface area contributed by atoms with E-state index in [9.17, 15) is 4.79 Å². The number of guanidine groups is 1. The highest BCUT2D eigenvalue weighted by molar-refractivity contribution is 14.0. The lowest BCUT2D eigenvalue weighted by Gasteiger charge is -2.21. The minimum atomic E-state index is -0.235. The molecular formula is C20H35IN4O2. The Morgan fingerprint density at radius 1 is 1.15 bits per heavy atom. The number of ether oxygens (including phenoxy) is 1. The van der Waals surface area contributed by atoms with Crippen LogP contribution in [0.15, 0.2) is 29.3 Å². The van der Waals surface area contributed by atoms with Crippen LogP contribution < -0.4 is 20.7 Å². The number of nitrogens with zero attached hydrogens (tertiary/aromatic N) is 1. The molecule has 0 spiro atoms. The Morgan fingerprint density at radius 2 is 1.78 bits per heavy atom. The van der Waals surface area contributed by atoms with Crippen molar-refractivity contribution in [1.29, 1.82) is 0 Å². The number of nitrogens with one attached hydrogen (secondary N) is 3. The van der Waals surface area contributed by atoms with Gasteiger partial charge in [0.15, 0.2) is 5.96 Å². The molecule has 0 atom stereocenters. The average molecular weight is 490 g/mol. The van der Waals surface area contributed by atoms with Crippen molar-refractivity contribution in [2.45, 2.75) is 46.6 Å². The Morgan fingerprint density at radius 3 is 2.30 bits per heavy atom. The summed E-state index contributed by atoms with van der Waals surface area (Å²) in [6.45, 7) is 11.8. The van der Waals surface area contributed by atoms with Crippen molar-refractivity contribution >= 4 is 35.8 Å². The molecule has 3 N–H and O–H groups in total. The van der Waals surface area contributed by atoms with Crippen molar-refractivity contribution < 1.29 is 9.53 Å². The number of amides is 1. The van der Waals surface area contributed by atoms with E-state index in [1.54, 1.807) is 7.05 Å². The second kappa shape index (κ2) is 12.8. The third-order valence-corrected chi connectivity index (χ3v) is 3.37. The Kier molecular flexibility index (Phi) is 12.1. The van der Waals surface area contributed by atoms with Gasteiger partial charge < -0.3 is 20.7 Å². The van der Waals surface area contributed by atoms with Gasteiger partial charge in [0.2, 0.25) is 5.91 Å². The van der Waals surface area contributed by atoms with E-state index in [1.165, 1.54) is 5.56 Å². The summed E-state index contributed by atoms with van der Waals surface area (Å²) >= 11 is 0. The maximum absolute atomic E-state index is 11.8. The molecule has 0 saturated heterocycles. The first-order valence-corrected chi connectivity index (χ1v) is 9.17. The average Bonchev–Trinajstić information content (AvgIpc) is 2.55. The van der Waals surface area contributed by atoms with Crippen LogP contribution in [0.4, 0.5) is 0 Å². The third-order valence-electron chi connectivity index (χ3n) is 3.37. The molecule has 0 fully saturated rings. The normalized spacial score (nSPS) is 11.6. The Balaban J connectivity index is 0.00000676. The number of aliphatic imine (C=N–C) groups is 1. The summed E-state index contributed by atoms with van der Waals surface area (Å²) in [5.41, 5.74) is 0.983. The standard InChI is InChI=1S/C20H34N4O2.HI/c1-15(2)14-26-17-9-7-16(8-10-17)11-12-22-19(21-6)23-13-18(25)24-20(3,4)5;/h7-10,15H,11-14H2,1-6H3,(H,24,25)(H2,21,22,23);1H. The molecule has 0 radical (unpaired) electrons. The molecule has 0 aromatic heterocycles. The van der Waals surface area contributed by atoms with E-state index in [-0.39, 0.29) is 42.0 Å². The minimum Gasteiger partial charge on any atom is -0.493 e. The van der Waals surface area contributed by atoms with Crippen LogP contribution in [-0.4, -0.2) is 44.1 Å². The van der Waals surface area contributed by atoms with E-state index in [1.807, 2.05) is 32.9 Å². The largest absolute Gasteiger partial charge is 0.493 e. The van der Waals surface area contributed by atoms with Gasteiger partial charge in [-0.1, -0.05) is 26.0 Å². The molecule has 0 aliphatic heterocycles. The predicted octanol–water partition coefficient (Wildman–Crippen LogP) is 2.96. The smallest absolute Gasteiger partial charge is 0.239 e. The molecule has 0 bridgehead atoms. The number of benzene rings is 1. The maximum atomic E-state index is 11.8. The van der Waals surface area contributed by atoms with Crippen LogP contribution in [0.25, 0.3) is 0 Å². The van der Waals surface area contributed by atoms with Crippen LogP contribution in [0.3, 0.4) is 0 Å². The summed E-state index contributed by atoms with van der Waals surface area (Å²) in [4.78, 5) is 16.0. The zero-order valence-electron chi connectivity index (χ0n) is 17.4. The van der Waals surface area contributed by atoms with Crippen molar-refractivity contribution in [3.63, 3.8) is 0 Å². The van der Waals surface area contributed by atoms with E-state index in [2.05, 4.69) is 46.9 Å². The lowest BCUT2D eigenvalue weighted by atomic mass is 10.1. The van der Waals surface area contributed by atoms with Crippen LogP contribution in [0.2, 0.25) is 0 Å². The molecule has 1 aromatic rings. The molecule has 1 aromatic carbocycles. The highest BCUT2D eigenvalue weighted by Crippen LogP contribution is 2.13. The number of hydrogen-bond acceptors (Lipinski definition) is 3. The van der Waals surface area contributed by atoms with Gasteiger partial charge in [0.05, 0.1) is 13.2 Å². The van der Waals surface area contributed by atoms with Crippen LogP contribution in [0, 0.1) is 5.92 Å². The van der Waals surface area contributed by atoms with Crippen molar-refractivity contribution in [2.75, 3.05) is 26.7 Å². The summed E-state index contributed by atoms with van der Waals surface area (Å²) in [5.74, 6) is 1.98.